The zero-order chi connectivity index (χ0) is 18.7. The summed E-state index contributed by atoms with van der Waals surface area (Å²) < 4.78 is 5.61. The zero-order valence-electron chi connectivity index (χ0n) is 15.7. The molecule has 148 valence electrons. The van der Waals surface area contributed by atoms with E-state index in [9.17, 15) is 4.79 Å². The van der Waals surface area contributed by atoms with Crippen molar-refractivity contribution in [1.82, 2.24) is 15.6 Å². The summed E-state index contributed by atoms with van der Waals surface area (Å²) in [4.78, 5) is 18.7. The molecule has 2 N–H and O–H groups in total. The van der Waals surface area contributed by atoms with Gasteiger partial charge in [-0.25, -0.2) is 4.98 Å². The van der Waals surface area contributed by atoms with Crippen LogP contribution in [0.5, 0.6) is 0 Å². The van der Waals surface area contributed by atoms with Crippen LogP contribution in [-0.4, -0.2) is 36.7 Å². The van der Waals surface area contributed by atoms with Gasteiger partial charge in [0.05, 0.1) is 11.7 Å². The Kier molecular flexibility index (Phi) is 7.65. The number of hydrogen-bond acceptors (Lipinski definition) is 5. The van der Waals surface area contributed by atoms with Gasteiger partial charge in [-0.15, -0.1) is 23.7 Å². The molecule has 0 spiro atoms. The minimum Gasteiger partial charge on any atom is -0.368 e. The molecule has 1 unspecified atom stereocenters. The molecule has 2 aromatic rings. The number of methoxy groups -OCH3 is 1. The van der Waals surface area contributed by atoms with E-state index in [0.29, 0.717) is 17.9 Å². The van der Waals surface area contributed by atoms with Crippen molar-refractivity contribution in [3.8, 4) is 11.3 Å². The summed E-state index contributed by atoms with van der Waals surface area (Å²) in [6.45, 7) is 5.58. The maximum Gasteiger partial charge on any atom is 0.252 e. The number of thiazole rings is 1. The van der Waals surface area contributed by atoms with Crippen molar-refractivity contribution in [2.45, 2.75) is 38.3 Å². The number of rotatable bonds is 5. The molecule has 1 atom stereocenters. The minimum absolute atomic E-state index is 0. The quantitative estimate of drug-likeness (QED) is 0.749. The van der Waals surface area contributed by atoms with Gasteiger partial charge in [-0.1, -0.05) is 23.7 Å². The van der Waals surface area contributed by atoms with Gasteiger partial charge in [-0.2, -0.15) is 0 Å². The predicted octanol–water partition coefficient (Wildman–Crippen LogP) is 4.14. The van der Waals surface area contributed by atoms with Gasteiger partial charge in [0.1, 0.15) is 10.6 Å². The molecule has 1 aromatic carbocycles. The van der Waals surface area contributed by atoms with Crippen molar-refractivity contribution in [2.24, 2.45) is 0 Å². The summed E-state index contributed by atoms with van der Waals surface area (Å²) in [6.07, 6.45) is 1.35. The number of ether oxygens (including phenoxy) is 1. The first-order valence-electron chi connectivity index (χ1n) is 8.75. The molecule has 8 heteroatoms. The number of amides is 1. The third kappa shape index (κ3) is 4.81. The molecule has 1 fully saturated rings. The number of carbonyl (C=O) groups excluding carboxylic acids is 1. The van der Waals surface area contributed by atoms with Crippen molar-refractivity contribution >= 4 is 41.3 Å². The van der Waals surface area contributed by atoms with Crippen molar-refractivity contribution < 1.29 is 9.53 Å². The molecule has 0 aliphatic carbocycles. The van der Waals surface area contributed by atoms with Gasteiger partial charge in [0.25, 0.3) is 5.91 Å². The second-order valence-electron chi connectivity index (χ2n) is 6.61. The van der Waals surface area contributed by atoms with E-state index in [-0.39, 0.29) is 24.4 Å². The summed E-state index contributed by atoms with van der Waals surface area (Å²) in [6, 6.07) is 7.48. The number of aryl methyl sites for hydroxylation is 1. The monoisotopic (exact) mass is 429 g/mol. The molecule has 0 bridgehead atoms. The Morgan fingerprint density at radius 2 is 1.96 bits per heavy atom. The zero-order valence-corrected chi connectivity index (χ0v) is 18.1. The lowest BCUT2D eigenvalue weighted by molar-refractivity contribution is -0.147. The number of carbonyl (C=O) groups is 1. The van der Waals surface area contributed by atoms with E-state index >= 15 is 0 Å². The lowest BCUT2D eigenvalue weighted by atomic mass is 9.91. The topological polar surface area (TPSA) is 63.2 Å². The number of nitrogens with one attached hydrogen (secondary N) is 2. The van der Waals surface area contributed by atoms with E-state index in [1.54, 1.807) is 18.4 Å². The first-order chi connectivity index (χ1) is 12.4. The Balaban J connectivity index is 0.00000261. The highest BCUT2D eigenvalue weighted by Crippen LogP contribution is 2.32. The molecule has 0 radical (unpaired) electrons. The molecule has 1 aliphatic heterocycles. The van der Waals surface area contributed by atoms with Crippen LogP contribution >= 0.6 is 35.3 Å². The molecule has 2 heterocycles. The molecular weight excluding hydrogens is 405 g/mol. The number of benzene rings is 1. The molecule has 1 saturated heterocycles. The van der Waals surface area contributed by atoms with E-state index in [1.165, 1.54) is 0 Å². The van der Waals surface area contributed by atoms with Crippen LogP contribution < -0.4 is 10.6 Å². The van der Waals surface area contributed by atoms with Crippen molar-refractivity contribution in [2.75, 3.05) is 20.2 Å². The fraction of sp³-hybridized carbons (Fsp3) is 0.474. The molecule has 27 heavy (non-hydrogen) atoms. The van der Waals surface area contributed by atoms with E-state index in [2.05, 4.69) is 10.6 Å². The molecule has 0 saturated carbocycles. The molecule has 1 aliphatic rings. The van der Waals surface area contributed by atoms with Crippen LogP contribution in [-0.2, 0) is 9.53 Å². The Bertz CT molecular complexity index is 774. The predicted molar refractivity (Wildman–Crippen MR) is 113 cm³/mol. The highest BCUT2D eigenvalue weighted by molar-refractivity contribution is 7.12. The first kappa shape index (κ1) is 22.1. The smallest absolute Gasteiger partial charge is 0.252 e. The molecule has 1 amide bonds. The maximum atomic E-state index is 12.8. The van der Waals surface area contributed by atoms with E-state index in [4.69, 9.17) is 21.3 Å². The van der Waals surface area contributed by atoms with E-state index in [1.807, 2.05) is 38.1 Å². The van der Waals surface area contributed by atoms with Gasteiger partial charge in [-0.3, -0.25) is 4.79 Å². The Hall–Kier alpha value is -1.18. The molecule has 3 rings (SSSR count). The lowest BCUT2D eigenvalue weighted by Crippen LogP contribution is -2.54. The molecule has 5 nitrogen and oxygen atoms in total. The molecular formula is C19H25Cl2N3O2S. The second-order valence-corrected chi connectivity index (χ2v) is 8.28. The van der Waals surface area contributed by atoms with Crippen LogP contribution in [0.2, 0.25) is 5.02 Å². The van der Waals surface area contributed by atoms with Crippen molar-refractivity contribution in [1.29, 1.82) is 0 Å². The van der Waals surface area contributed by atoms with Gasteiger partial charge in [0, 0.05) is 22.6 Å². The van der Waals surface area contributed by atoms with E-state index < -0.39 is 5.60 Å². The number of aromatic nitrogens is 1. The van der Waals surface area contributed by atoms with Crippen LogP contribution in [0.3, 0.4) is 0 Å². The number of piperidine rings is 1. The van der Waals surface area contributed by atoms with Crippen LogP contribution in [0, 0.1) is 6.92 Å². The van der Waals surface area contributed by atoms with E-state index in [0.717, 1.165) is 34.2 Å². The third-order valence-electron chi connectivity index (χ3n) is 4.86. The minimum atomic E-state index is -0.745. The fourth-order valence-electron chi connectivity index (χ4n) is 3.22. The summed E-state index contributed by atoms with van der Waals surface area (Å²) in [5, 5.41) is 7.95. The fourth-order valence-corrected chi connectivity index (χ4v) is 4.29. The largest absolute Gasteiger partial charge is 0.368 e. The normalized spacial score (nSPS) is 17.0. The van der Waals surface area contributed by atoms with Crippen LogP contribution in [0.1, 0.15) is 35.7 Å². The van der Waals surface area contributed by atoms with Gasteiger partial charge >= 0.3 is 0 Å². The van der Waals surface area contributed by atoms with Crippen LogP contribution in [0.4, 0.5) is 0 Å². The number of nitrogens with zero attached hydrogens (tertiary/aromatic N) is 1. The van der Waals surface area contributed by atoms with Crippen molar-refractivity contribution in [3.63, 3.8) is 0 Å². The highest BCUT2D eigenvalue weighted by atomic mass is 35.5. The number of hydrogen-bond donors (Lipinski definition) is 2. The van der Waals surface area contributed by atoms with Crippen LogP contribution in [0.25, 0.3) is 11.3 Å². The summed E-state index contributed by atoms with van der Waals surface area (Å²) in [5.41, 5.74) is 1.22. The summed E-state index contributed by atoms with van der Waals surface area (Å²) in [7, 11) is 1.61. The molecule has 1 aromatic heterocycles. The lowest BCUT2D eigenvalue weighted by Gasteiger charge is -2.35. The Morgan fingerprint density at radius 3 is 2.56 bits per heavy atom. The SMILES string of the molecule is COC1(C(=O)NC(C)c2nc(-c3ccc(Cl)cc3)c(C)s2)CCNCC1.Cl. The highest BCUT2D eigenvalue weighted by Gasteiger charge is 2.40. The van der Waals surface area contributed by atoms with Crippen molar-refractivity contribution in [3.05, 3.63) is 39.2 Å². The maximum absolute atomic E-state index is 12.8. The average Bonchev–Trinajstić information content (AvgIpc) is 3.04. The first-order valence-corrected chi connectivity index (χ1v) is 9.95. The Labute approximate surface area is 175 Å². The standard InChI is InChI=1S/C19H24ClN3O2S.ClH/c1-12(22-18(24)19(25-3)8-10-21-11-9-19)17-23-16(13(2)26-17)14-4-6-15(20)7-5-14;/h4-7,12,21H,8-11H2,1-3H3,(H,22,24);1H. The summed E-state index contributed by atoms with van der Waals surface area (Å²) in [5.74, 6) is -0.0603. The third-order valence-corrected chi connectivity index (χ3v) is 6.27. The average molecular weight is 430 g/mol. The Morgan fingerprint density at radius 1 is 1.33 bits per heavy atom. The van der Waals surface area contributed by atoms with Gasteiger partial charge in [0.15, 0.2) is 0 Å². The van der Waals surface area contributed by atoms with Gasteiger partial charge in [0.2, 0.25) is 0 Å². The van der Waals surface area contributed by atoms with Gasteiger partial charge in [-0.05, 0) is 51.9 Å². The van der Waals surface area contributed by atoms with Gasteiger partial charge < -0.3 is 15.4 Å². The van der Waals surface area contributed by atoms with Crippen LogP contribution in [0.15, 0.2) is 24.3 Å². The second kappa shape index (κ2) is 9.34. The summed E-state index contributed by atoms with van der Waals surface area (Å²) >= 11 is 7.58. The number of halogens is 2.